The summed E-state index contributed by atoms with van der Waals surface area (Å²) in [7, 11) is -3.07. The van der Waals surface area contributed by atoms with Crippen LogP contribution in [0.1, 0.15) is 38.5 Å². The molecule has 1 rings (SSSR count). The van der Waals surface area contributed by atoms with Crippen molar-refractivity contribution in [2.75, 3.05) is 18.1 Å². The minimum Gasteiger partial charge on any atom is -0.326 e. The van der Waals surface area contributed by atoms with E-state index in [9.17, 15) is 13.2 Å². The van der Waals surface area contributed by atoms with Crippen LogP contribution in [0.3, 0.4) is 0 Å². The summed E-state index contributed by atoms with van der Waals surface area (Å²) in [5.41, 5.74) is 0.828. The molecule has 5 nitrogen and oxygen atoms in total. The molecule has 0 saturated heterocycles. The van der Waals surface area contributed by atoms with Crippen molar-refractivity contribution < 1.29 is 13.2 Å². The summed E-state index contributed by atoms with van der Waals surface area (Å²) in [4.78, 5) is 11.7. The van der Waals surface area contributed by atoms with E-state index in [1.165, 1.54) is 6.26 Å². The number of hydrogen-bond acceptors (Lipinski definition) is 3. The molecule has 0 aromatic heterocycles. The molecule has 1 aromatic rings. The predicted molar refractivity (Wildman–Crippen MR) is 85.6 cm³/mol. The number of unbranched alkanes of at least 4 members (excludes halogenated alkanes) is 4. The highest BCUT2D eigenvalue weighted by Gasteiger charge is 2.02. The van der Waals surface area contributed by atoms with E-state index in [1.807, 2.05) is 30.3 Å². The maximum atomic E-state index is 11.7. The number of nitrogens with one attached hydrogen (secondary N) is 2. The standard InChI is InChI=1S/C15H24N2O3S/c1-21(19,20)16-13-9-4-2-3-8-12-15(18)17-14-10-6-5-7-11-14/h5-7,10-11,16H,2-4,8-9,12-13H2,1H3,(H,17,18). The zero-order valence-electron chi connectivity index (χ0n) is 12.5. The molecule has 0 radical (unpaired) electrons. The lowest BCUT2D eigenvalue weighted by Crippen LogP contribution is -2.22. The van der Waals surface area contributed by atoms with E-state index >= 15 is 0 Å². The molecule has 0 aliphatic rings. The number of amides is 1. The Morgan fingerprint density at radius 1 is 1.00 bits per heavy atom. The van der Waals surface area contributed by atoms with Crippen LogP contribution in [-0.2, 0) is 14.8 Å². The average Bonchev–Trinajstić information content (AvgIpc) is 2.41. The number of rotatable bonds is 10. The van der Waals surface area contributed by atoms with E-state index in [4.69, 9.17) is 0 Å². The summed E-state index contributed by atoms with van der Waals surface area (Å²) >= 11 is 0. The Kier molecular flexibility index (Phi) is 8.00. The number of hydrogen-bond donors (Lipinski definition) is 2. The molecule has 1 aromatic carbocycles. The summed E-state index contributed by atoms with van der Waals surface area (Å²) in [6, 6.07) is 9.42. The first kappa shape index (κ1) is 17.7. The highest BCUT2D eigenvalue weighted by atomic mass is 32.2. The topological polar surface area (TPSA) is 75.3 Å². The molecule has 0 aliphatic carbocycles. The van der Waals surface area contributed by atoms with Gasteiger partial charge in [0.25, 0.3) is 0 Å². The largest absolute Gasteiger partial charge is 0.326 e. The van der Waals surface area contributed by atoms with E-state index in [0.717, 1.165) is 37.8 Å². The van der Waals surface area contributed by atoms with Gasteiger partial charge in [0.2, 0.25) is 15.9 Å². The van der Waals surface area contributed by atoms with E-state index < -0.39 is 10.0 Å². The third kappa shape index (κ3) is 10.0. The van der Waals surface area contributed by atoms with Crippen LogP contribution in [0.15, 0.2) is 30.3 Å². The molecule has 1 amide bonds. The van der Waals surface area contributed by atoms with Crippen molar-refractivity contribution in [1.82, 2.24) is 4.72 Å². The average molecular weight is 312 g/mol. The number of para-hydroxylation sites is 1. The highest BCUT2D eigenvalue weighted by Crippen LogP contribution is 2.09. The highest BCUT2D eigenvalue weighted by molar-refractivity contribution is 7.88. The van der Waals surface area contributed by atoms with Crippen LogP contribution in [0.25, 0.3) is 0 Å². The van der Waals surface area contributed by atoms with Gasteiger partial charge >= 0.3 is 0 Å². The van der Waals surface area contributed by atoms with Crippen LogP contribution in [0, 0.1) is 0 Å². The predicted octanol–water partition coefficient (Wildman–Crippen LogP) is 2.51. The molecule has 0 fully saturated rings. The van der Waals surface area contributed by atoms with Gasteiger partial charge in [-0.25, -0.2) is 13.1 Å². The molecule has 21 heavy (non-hydrogen) atoms. The van der Waals surface area contributed by atoms with Crippen LogP contribution in [-0.4, -0.2) is 27.1 Å². The zero-order chi connectivity index (χ0) is 15.6. The van der Waals surface area contributed by atoms with Gasteiger partial charge in [-0.1, -0.05) is 37.5 Å². The van der Waals surface area contributed by atoms with Gasteiger partial charge in [0.15, 0.2) is 0 Å². The van der Waals surface area contributed by atoms with Crippen LogP contribution < -0.4 is 10.0 Å². The van der Waals surface area contributed by atoms with E-state index in [1.54, 1.807) is 0 Å². The molecule has 0 heterocycles. The Balaban J connectivity index is 1.98. The van der Waals surface area contributed by atoms with E-state index in [0.29, 0.717) is 13.0 Å². The fourth-order valence-electron chi connectivity index (χ4n) is 1.94. The van der Waals surface area contributed by atoms with Crippen molar-refractivity contribution in [2.24, 2.45) is 0 Å². The Morgan fingerprint density at radius 2 is 1.62 bits per heavy atom. The normalized spacial score (nSPS) is 11.3. The Labute approximate surface area is 127 Å². The first-order valence-electron chi connectivity index (χ1n) is 7.27. The molecule has 0 bridgehead atoms. The summed E-state index contributed by atoms with van der Waals surface area (Å²) in [6.07, 6.45) is 6.37. The second-order valence-electron chi connectivity index (χ2n) is 5.10. The molecule has 6 heteroatoms. The van der Waals surface area contributed by atoms with Crippen LogP contribution >= 0.6 is 0 Å². The maximum absolute atomic E-state index is 11.7. The number of sulfonamides is 1. The molecule has 0 atom stereocenters. The van der Waals surface area contributed by atoms with Crippen molar-refractivity contribution in [1.29, 1.82) is 0 Å². The van der Waals surface area contributed by atoms with Crippen LogP contribution in [0.5, 0.6) is 0 Å². The first-order chi connectivity index (χ1) is 9.97. The summed E-state index contributed by atoms with van der Waals surface area (Å²) < 4.78 is 24.1. The van der Waals surface area contributed by atoms with Gasteiger partial charge in [-0.2, -0.15) is 0 Å². The van der Waals surface area contributed by atoms with E-state index in [-0.39, 0.29) is 5.91 Å². The minimum atomic E-state index is -3.07. The number of carbonyl (C=O) groups is 1. The van der Waals surface area contributed by atoms with Gasteiger partial charge in [0.05, 0.1) is 6.26 Å². The molecule has 118 valence electrons. The second kappa shape index (κ2) is 9.52. The minimum absolute atomic E-state index is 0.0416. The van der Waals surface area contributed by atoms with Gasteiger partial charge in [0, 0.05) is 18.7 Å². The smallest absolute Gasteiger partial charge is 0.224 e. The van der Waals surface area contributed by atoms with Gasteiger partial charge < -0.3 is 5.32 Å². The summed E-state index contributed by atoms with van der Waals surface area (Å²) in [5.74, 6) is 0.0416. The maximum Gasteiger partial charge on any atom is 0.224 e. The Bertz CT molecular complexity index is 515. The van der Waals surface area contributed by atoms with Crippen molar-refractivity contribution in [3.8, 4) is 0 Å². The number of carbonyl (C=O) groups excluding carboxylic acids is 1. The summed E-state index contributed by atoms with van der Waals surface area (Å²) in [6.45, 7) is 0.493. The third-order valence-electron chi connectivity index (χ3n) is 3.00. The van der Waals surface area contributed by atoms with Crippen LogP contribution in [0.2, 0.25) is 0 Å². The lowest BCUT2D eigenvalue weighted by Gasteiger charge is -2.05. The lowest BCUT2D eigenvalue weighted by atomic mass is 10.1. The Hall–Kier alpha value is -1.40. The van der Waals surface area contributed by atoms with Crippen molar-refractivity contribution in [2.45, 2.75) is 38.5 Å². The molecule has 0 aliphatic heterocycles. The van der Waals surface area contributed by atoms with Crippen LogP contribution in [0.4, 0.5) is 5.69 Å². The summed E-state index contributed by atoms with van der Waals surface area (Å²) in [5, 5.41) is 2.85. The monoisotopic (exact) mass is 312 g/mol. The quantitative estimate of drug-likeness (QED) is 0.652. The van der Waals surface area contributed by atoms with E-state index in [2.05, 4.69) is 10.0 Å². The van der Waals surface area contributed by atoms with Gasteiger partial charge in [-0.15, -0.1) is 0 Å². The molecular weight excluding hydrogens is 288 g/mol. The van der Waals surface area contributed by atoms with Crippen molar-refractivity contribution in [3.05, 3.63) is 30.3 Å². The fourth-order valence-corrected chi connectivity index (χ4v) is 2.46. The molecule has 0 spiro atoms. The number of anilines is 1. The zero-order valence-corrected chi connectivity index (χ0v) is 13.3. The fraction of sp³-hybridized carbons (Fsp3) is 0.533. The molecule has 0 unspecified atom stereocenters. The van der Waals surface area contributed by atoms with Gasteiger partial charge in [-0.3, -0.25) is 4.79 Å². The second-order valence-corrected chi connectivity index (χ2v) is 6.93. The van der Waals surface area contributed by atoms with Crippen molar-refractivity contribution in [3.63, 3.8) is 0 Å². The Morgan fingerprint density at radius 3 is 2.29 bits per heavy atom. The van der Waals surface area contributed by atoms with Gasteiger partial charge in [0.1, 0.15) is 0 Å². The lowest BCUT2D eigenvalue weighted by molar-refractivity contribution is -0.116. The molecular formula is C15H24N2O3S. The van der Waals surface area contributed by atoms with Gasteiger partial charge in [-0.05, 0) is 25.0 Å². The number of benzene rings is 1. The SMILES string of the molecule is CS(=O)(=O)NCCCCCCCC(=O)Nc1ccccc1. The first-order valence-corrected chi connectivity index (χ1v) is 9.16. The third-order valence-corrected chi connectivity index (χ3v) is 3.73. The molecule has 2 N–H and O–H groups in total. The van der Waals surface area contributed by atoms with Crippen molar-refractivity contribution >= 4 is 21.6 Å². The molecule has 0 saturated carbocycles.